The van der Waals surface area contributed by atoms with Gasteiger partial charge in [-0.15, -0.1) is 0 Å². The minimum atomic E-state index is -0.173. The molecule has 0 aromatic heterocycles. The highest BCUT2D eigenvalue weighted by Gasteiger charge is 2.17. The molecule has 2 aliphatic rings. The molecule has 2 fully saturated rings. The van der Waals surface area contributed by atoms with Crippen LogP contribution in [0.4, 0.5) is 10.5 Å². The first-order valence-corrected chi connectivity index (χ1v) is 8.69. The fourth-order valence-corrected chi connectivity index (χ4v) is 3.23. The van der Waals surface area contributed by atoms with Crippen LogP contribution in [0.15, 0.2) is 24.3 Å². The Morgan fingerprint density at radius 2 is 2.09 bits per heavy atom. The van der Waals surface area contributed by atoms with Gasteiger partial charge in [-0.1, -0.05) is 6.07 Å². The second-order valence-corrected chi connectivity index (χ2v) is 6.47. The van der Waals surface area contributed by atoms with Crippen molar-refractivity contribution in [2.24, 2.45) is 5.92 Å². The van der Waals surface area contributed by atoms with Gasteiger partial charge >= 0.3 is 6.03 Å². The quantitative estimate of drug-likeness (QED) is 0.873. The van der Waals surface area contributed by atoms with E-state index in [1.807, 2.05) is 24.3 Å². The molecule has 1 saturated heterocycles. The number of carbonyl (C=O) groups excluding carboxylic acids is 1. The molecule has 23 heavy (non-hydrogen) atoms. The largest absolute Gasteiger partial charge is 0.490 e. The summed E-state index contributed by atoms with van der Waals surface area (Å²) in [7, 11) is 0. The molecule has 1 aliphatic carbocycles. The Labute approximate surface area is 137 Å². The average molecular weight is 318 g/mol. The summed E-state index contributed by atoms with van der Waals surface area (Å²) in [6.45, 7) is 2.24. The average Bonchev–Trinajstić information content (AvgIpc) is 3.07. The lowest BCUT2D eigenvalue weighted by atomic mass is 10.0. The van der Waals surface area contributed by atoms with E-state index in [1.165, 1.54) is 12.8 Å². The maximum atomic E-state index is 12.0. The van der Waals surface area contributed by atoms with Crippen LogP contribution in [-0.4, -0.2) is 31.9 Å². The topological polar surface area (TPSA) is 59.6 Å². The highest BCUT2D eigenvalue weighted by atomic mass is 16.5. The van der Waals surface area contributed by atoms with Crippen LogP contribution in [0.5, 0.6) is 5.75 Å². The normalized spacial score (nSPS) is 21.8. The minimum absolute atomic E-state index is 0.173. The fraction of sp³-hybridized carbons (Fsp3) is 0.611. The molecule has 1 atom stereocenters. The predicted octanol–water partition coefficient (Wildman–Crippen LogP) is 3.56. The molecule has 2 amide bonds. The van der Waals surface area contributed by atoms with E-state index in [2.05, 4.69) is 10.6 Å². The van der Waals surface area contributed by atoms with Gasteiger partial charge in [-0.25, -0.2) is 4.79 Å². The predicted molar refractivity (Wildman–Crippen MR) is 89.9 cm³/mol. The van der Waals surface area contributed by atoms with Gasteiger partial charge in [-0.2, -0.15) is 0 Å². The zero-order valence-corrected chi connectivity index (χ0v) is 13.6. The first-order valence-electron chi connectivity index (χ1n) is 8.69. The van der Waals surface area contributed by atoms with Crippen molar-refractivity contribution in [3.63, 3.8) is 0 Å². The Kier molecular flexibility index (Phi) is 5.75. The van der Waals surface area contributed by atoms with E-state index >= 15 is 0 Å². The molecule has 5 heteroatoms. The summed E-state index contributed by atoms with van der Waals surface area (Å²) in [5.74, 6) is 1.25. The van der Waals surface area contributed by atoms with Crippen LogP contribution in [-0.2, 0) is 4.74 Å². The number of hydrogen-bond acceptors (Lipinski definition) is 3. The first-order chi connectivity index (χ1) is 11.3. The zero-order valence-electron chi connectivity index (χ0n) is 13.6. The Bertz CT molecular complexity index is 509. The molecule has 2 N–H and O–H groups in total. The Hall–Kier alpha value is -1.75. The van der Waals surface area contributed by atoms with E-state index in [1.54, 1.807) is 0 Å². The second-order valence-electron chi connectivity index (χ2n) is 6.47. The second kappa shape index (κ2) is 8.20. The van der Waals surface area contributed by atoms with Crippen LogP contribution in [0.3, 0.4) is 0 Å². The van der Waals surface area contributed by atoms with Gasteiger partial charge in [0.2, 0.25) is 0 Å². The van der Waals surface area contributed by atoms with E-state index in [-0.39, 0.29) is 6.03 Å². The SMILES string of the molecule is O=C(NC[C@@H]1CCCOC1)Nc1cccc(OC2CCCC2)c1. The Morgan fingerprint density at radius 3 is 2.87 bits per heavy atom. The third-order valence-corrected chi connectivity index (χ3v) is 4.50. The lowest BCUT2D eigenvalue weighted by Crippen LogP contribution is -2.35. The Morgan fingerprint density at radius 1 is 1.22 bits per heavy atom. The first kappa shape index (κ1) is 16.1. The summed E-state index contributed by atoms with van der Waals surface area (Å²) < 4.78 is 11.4. The molecule has 126 valence electrons. The van der Waals surface area contributed by atoms with E-state index < -0.39 is 0 Å². The van der Waals surface area contributed by atoms with Crippen LogP contribution in [0.2, 0.25) is 0 Å². The van der Waals surface area contributed by atoms with Gasteiger partial charge in [0.05, 0.1) is 12.7 Å². The van der Waals surface area contributed by atoms with Crippen LogP contribution in [0.25, 0.3) is 0 Å². The van der Waals surface area contributed by atoms with Gasteiger partial charge in [0.15, 0.2) is 0 Å². The zero-order chi connectivity index (χ0) is 15.9. The van der Waals surface area contributed by atoms with E-state index in [0.717, 1.165) is 50.3 Å². The molecule has 1 heterocycles. The lowest BCUT2D eigenvalue weighted by molar-refractivity contribution is 0.0559. The van der Waals surface area contributed by atoms with Gasteiger partial charge < -0.3 is 20.1 Å². The van der Waals surface area contributed by atoms with Crippen LogP contribution < -0.4 is 15.4 Å². The maximum absolute atomic E-state index is 12.0. The van der Waals surface area contributed by atoms with E-state index in [9.17, 15) is 4.79 Å². The number of urea groups is 1. The molecule has 1 aromatic carbocycles. The van der Waals surface area contributed by atoms with Crippen molar-refractivity contribution in [3.05, 3.63) is 24.3 Å². The van der Waals surface area contributed by atoms with E-state index in [4.69, 9.17) is 9.47 Å². The van der Waals surface area contributed by atoms with E-state index in [0.29, 0.717) is 18.6 Å². The molecule has 0 radical (unpaired) electrons. The van der Waals surface area contributed by atoms with Crippen molar-refractivity contribution < 1.29 is 14.3 Å². The standard InChI is InChI=1S/C18H26N2O3/c21-18(19-12-14-5-4-10-22-13-14)20-15-6-3-9-17(11-15)23-16-7-1-2-8-16/h3,6,9,11,14,16H,1-2,4-5,7-8,10,12-13H2,(H2,19,20,21)/t14-/m0/s1. The fourth-order valence-electron chi connectivity index (χ4n) is 3.23. The molecular weight excluding hydrogens is 292 g/mol. The van der Waals surface area contributed by atoms with Crippen molar-refractivity contribution >= 4 is 11.7 Å². The van der Waals surface area contributed by atoms with Crippen LogP contribution >= 0.6 is 0 Å². The molecular formula is C18H26N2O3. The molecule has 1 aromatic rings. The molecule has 1 saturated carbocycles. The molecule has 1 aliphatic heterocycles. The molecule has 5 nitrogen and oxygen atoms in total. The molecule has 0 bridgehead atoms. The molecule has 0 unspecified atom stereocenters. The third kappa shape index (κ3) is 5.13. The number of hydrogen-bond donors (Lipinski definition) is 2. The molecule has 0 spiro atoms. The van der Waals surface area contributed by atoms with Gasteiger partial charge in [-0.05, 0) is 56.6 Å². The van der Waals surface area contributed by atoms with Gasteiger partial charge in [-0.3, -0.25) is 0 Å². The summed E-state index contributed by atoms with van der Waals surface area (Å²) in [6, 6.07) is 7.45. The number of anilines is 1. The number of rotatable bonds is 5. The smallest absolute Gasteiger partial charge is 0.319 e. The highest BCUT2D eigenvalue weighted by molar-refractivity contribution is 5.89. The number of carbonyl (C=O) groups is 1. The highest BCUT2D eigenvalue weighted by Crippen LogP contribution is 2.25. The van der Waals surface area contributed by atoms with Gasteiger partial charge in [0.25, 0.3) is 0 Å². The van der Waals surface area contributed by atoms with Gasteiger partial charge in [0.1, 0.15) is 5.75 Å². The number of benzene rings is 1. The van der Waals surface area contributed by atoms with Crippen LogP contribution in [0, 0.1) is 5.92 Å². The number of amides is 2. The monoisotopic (exact) mass is 318 g/mol. The summed E-state index contributed by atoms with van der Waals surface area (Å²) >= 11 is 0. The maximum Gasteiger partial charge on any atom is 0.319 e. The summed E-state index contributed by atoms with van der Waals surface area (Å²) in [6.07, 6.45) is 7.26. The third-order valence-electron chi connectivity index (χ3n) is 4.50. The van der Waals surface area contributed by atoms with Gasteiger partial charge in [0, 0.05) is 24.9 Å². The number of ether oxygens (including phenoxy) is 2. The summed E-state index contributed by atoms with van der Waals surface area (Å²) in [5.41, 5.74) is 0.762. The van der Waals surface area contributed by atoms with Crippen molar-refractivity contribution in [3.8, 4) is 5.75 Å². The van der Waals surface area contributed by atoms with Crippen molar-refractivity contribution in [2.45, 2.75) is 44.6 Å². The van der Waals surface area contributed by atoms with Crippen molar-refractivity contribution in [1.29, 1.82) is 0 Å². The van der Waals surface area contributed by atoms with Crippen molar-refractivity contribution in [1.82, 2.24) is 5.32 Å². The summed E-state index contributed by atoms with van der Waals surface area (Å²) in [4.78, 5) is 12.0. The minimum Gasteiger partial charge on any atom is -0.490 e. The number of nitrogens with one attached hydrogen (secondary N) is 2. The lowest BCUT2D eigenvalue weighted by Gasteiger charge is -2.22. The Balaban J connectivity index is 1.45. The van der Waals surface area contributed by atoms with Crippen molar-refractivity contribution in [2.75, 3.05) is 25.1 Å². The van der Waals surface area contributed by atoms with Crippen LogP contribution in [0.1, 0.15) is 38.5 Å². The summed E-state index contributed by atoms with van der Waals surface area (Å²) in [5, 5.41) is 5.80. The molecule has 3 rings (SSSR count).